The van der Waals surface area contributed by atoms with E-state index < -0.39 is 0 Å². The lowest BCUT2D eigenvalue weighted by molar-refractivity contribution is 0.362. The van der Waals surface area contributed by atoms with Crippen molar-refractivity contribution in [2.45, 2.75) is 31.7 Å². The molecule has 1 atom stereocenters. The van der Waals surface area contributed by atoms with Gasteiger partial charge >= 0.3 is 0 Å². The molecular weight excluding hydrogens is 238 g/mol. The maximum absolute atomic E-state index is 10.1. The van der Waals surface area contributed by atoms with E-state index in [-0.39, 0.29) is 5.75 Å². The molecule has 94 valence electrons. The van der Waals surface area contributed by atoms with E-state index in [2.05, 4.69) is 5.32 Å². The maximum Gasteiger partial charge on any atom is 0.179 e. The Morgan fingerprint density at radius 1 is 1.47 bits per heavy atom. The fourth-order valence-electron chi connectivity index (χ4n) is 2.31. The summed E-state index contributed by atoms with van der Waals surface area (Å²) in [6.45, 7) is 1.07. The van der Waals surface area contributed by atoms with Gasteiger partial charge in [-0.15, -0.1) is 0 Å². The second kappa shape index (κ2) is 5.61. The molecule has 17 heavy (non-hydrogen) atoms. The molecule has 0 aliphatic carbocycles. The number of hydrogen-bond donors (Lipinski definition) is 2. The smallest absolute Gasteiger partial charge is 0.179 e. The minimum Gasteiger partial charge on any atom is -0.504 e. The summed E-state index contributed by atoms with van der Waals surface area (Å²) in [5, 5.41) is 14.0. The fraction of sp³-hybridized carbons (Fsp3) is 0.538. The van der Waals surface area contributed by atoms with Crippen molar-refractivity contribution in [1.29, 1.82) is 0 Å². The lowest BCUT2D eigenvalue weighted by Gasteiger charge is -2.24. The van der Waals surface area contributed by atoms with Gasteiger partial charge in [0.15, 0.2) is 11.5 Å². The quantitative estimate of drug-likeness (QED) is 0.873. The monoisotopic (exact) mass is 255 g/mol. The summed E-state index contributed by atoms with van der Waals surface area (Å²) in [4.78, 5) is 0. The number of phenolic OH excluding ortho intramolecular Hbond substituents is 1. The van der Waals surface area contributed by atoms with Crippen molar-refractivity contribution in [3.63, 3.8) is 0 Å². The van der Waals surface area contributed by atoms with Gasteiger partial charge in [-0.3, -0.25) is 0 Å². The van der Waals surface area contributed by atoms with Gasteiger partial charge in [-0.05, 0) is 37.4 Å². The largest absolute Gasteiger partial charge is 0.504 e. The summed E-state index contributed by atoms with van der Waals surface area (Å²) in [6, 6.07) is 4.09. The SMILES string of the molecule is COc1c(Cl)ccc(CC2CCCCN2)c1O. The third kappa shape index (κ3) is 2.85. The molecule has 1 heterocycles. The number of hydrogen-bond acceptors (Lipinski definition) is 3. The van der Waals surface area contributed by atoms with Crippen LogP contribution in [-0.2, 0) is 6.42 Å². The molecule has 2 rings (SSSR count). The molecule has 0 radical (unpaired) electrons. The third-order valence-electron chi connectivity index (χ3n) is 3.25. The first kappa shape index (κ1) is 12.5. The Kier molecular flexibility index (Phi) is 4.13. The van der Waals surface area contributed by atoms with E-state index in [0.29, 0.717) is 16.8 Å². The summed E-state index contributed by atoms with van der Waals surface area (Å²) >= 11 is 5.94. The maximum atomic E-state index is 10.1. The van der Waals surface area contributed by atoms with E-state index in [4.69, 9.17) is 16.3 Å². The molecule has 3 nitrogen and oxygen atoms in total. The average Bonchev–Trinajstić information content (AvgIpc) is 2.35. The Morgan fingerprint density at radius 2 is 2.29 bits per heavy atom. The van der Waals surface area contributed by atoms with Crippen molar-refractivity contribution in [2.24, 2.45) is 0 Å². The van der Waals surface area contributed by atoms with Crippen molar-refractivity contribution in [2.75, 3.05) is 13.7 Å². The number of rotatable bonds is 3. The number of halogens is 1. The van der Waals surface area contributed by atoms with Gasteiger partial charge < -0.3 is 15.2 Å². The summed E-state index contributed by atoms with van der Waals surface area (Å²) in [7, 11) is 1.52. The Hall–Kier alpha value is -0.930. The predicted molar refractivity (Wildman–Crippen MR) is 69.0 cm³/mol. The molecule has 1 saturated heterocycles. The third-order valence-corrected chi connectivity index (χ3v) is 3.55. The Labute approximate surface area is 107 Å². The molecule has 1 aromatic rings. The fourth-order valence-corrected chi connectivity index (χ4v) is 2.54. The molecule has 1 fully saturated rings. The van der Waals surface area contributed by atoms with E-state index in [0.717, 1.165) is 24.9 Å². The molecule has 0 saturated carbocycles. The normalized spacial score (nSPS) is 20.2. The molecule has 2 N–H and O–H groups in total. The van der Waals surface area contributed by atoms with E-state index in [1.807, 2.05) is 6.07 Å². The molecular formula is C13H18ClNO2. The van der Waals surface area contributed by atoms with Crippen LogP contribution >= 0.6 is 11.6 Å². The minimum atomic E-state index is 0.173. The Morgan fingerprint density at radius 3 is 2.94 bits per heavy atom. The van der Waals surface area contributed by atoms with Crippen molar-refractivity contribution in [1.82, 2.24) is 5.32 Å². The molecule has 0 aromatic heterocycles. The second-order valence-electron chi connectivity index (χ2n) is 4.44. The van der Waals surface area contributed by atoms with Gasteiger partial charge in [0, 0.05) is 6.04 Å². The predicted octanol–water partition coefficient (Wildman–Crippen LogP) is 2.74. The number of methoxy groups -OCH3 is 1. The van der Waals surface area contributed by atoms with Crippen molar-refractivity contribution < 1.29 is 9.84 Å². The first-order valence-electron chi connectivity index (χ1n) is 6.00. The zero-order chi connectivity index (χ0) is 12.3. The summed E-state index contributed by atoms with van der Waals surface area (Å²) < 4.78 is 5.10. The summed E-state index contributed by atoms with van der Waals surface area (Å²) in [5.41, 5.74) is 0.894. The zero-order valence-corrected chi connectivity index (χ0v) is 10.8. The van der Waals surface area contributed by atoms with E-state index in [9.17, 15) is 5.11 Å². The second-order valence-corrected chi connectivity index (χ2v) is 4.85. The van der Waals surface area contributed by atoms with Crippen LogP contribution < -0.4 is 10.1 Å². The molecule has 0 spiro atoms. The van der Waals surface area contributed by atoms with Gasteiger partial charge in [0.25, 0.3) is 0 Å². The number of piperidine rings is 1. The number of phenols is 1. The van der Waals surface area contributed by atoms with Crippen LogP contribution in [0.1, 0.15) is 24.8 Å². The minimum absolute atomic E-state index is 0.173. The highest BCUT2D eigenvalue weighted by Crippen LogP contribution is 2.37. The topological polar surface area (TPSA) is 41.5 Å². The summed E-state index contributed by atoms with van der Waals surface area (Å²) in [5.74, 6) is 0.548. The summed E-state index contributed by atoms with van der Waals surface area (Å²) in [6.07, 6.45) is 4.47. The highest BCUT2D eigenvalue weighted by Gasteiger charge is 2.17. The number of aromatic hydroxyl groups is 1. The van der Waals surface area contributed by atoms with Gasteiger partial charge in [-0.2, -0.15) is 0 Å². The van der Waals surface area contributed by atoms with E-state index >= 15 is 0 Å². The van der Waals surface area contributed by atoms with Crippen LogP contribution in [0.3, 0.4) is 0 Å². The first-order valence-corrected chi connectivity index (χ1v) is 6.38. The van der Waals surface area contributed by atoms with Crippen molar-refractivity contribution in [3.8, 4) is 11.5 Å². The highest BCUT2D eigenvalue weighted by atomic mass is 35.5. The van der Waals surface area contributed by atoms with Crippen LogP contribution in [0, 0.1) is 0 Å². The molecule has 1 aromatic carbocycles. The van der Waals surface area contributed by atoms with E-state index in [1.165, 1.54) is 20.0 Å². The van der Waals surface area contributed by atoms with Crippen molar-refractivity contribution in [3.05, 3.63) is 22.7 Å². The van der Waals surface area contributed by atoms with Crippen LogP contribution in [0.4, 0.5) is 0 Å². The molecule has 0 bridgehead atoms. The number of nitrogens with one attached hydrogen (secondary N) is 1. The number of benzene rings is 1. The molecule has 0 amide bonds. The average molecular weight is 256 g/mol. The van der Waals surface area contributed by atoms with Crippen LogP contribution in [0.25, 0.3) is 0 Å². The van der Waals surface area contributed by atoms with Crippen LogP contribution in [-0.4, -0.2) is 24.8 Å². The highest BCUT2D eigenvalue weighted by molar-refractivity contribution is 6.32. The molecule has 1 unspecified atom stereocenters. The molecule has 1 aliphatic heterocycles. The standard InChI is InChI=1S/C13H18ClNO2/c1-17-13-11(14)6-5-9(12(13)16)8-10-4-2-3-7-15-10/h5-6,10,15-16H,2-4,7-8H2,1H3. The van der Waals surface area contributed by atoms with Crippen LogP contribution in [0.5, 0.6) is 11.5 Å². The number of ether oxygens (including phenoxy) is 1. The van der Waals surface area contributed by atoms with Gasteiger partial charge in [0.05, 0.1) is 12.1 Å². The Balaban J connectivity index is 2.15. The van der Waals surface area contributed by atoms with Gasteiger partial charge in [-0.25, -0.2) is 0 Å². The molecule has 1 aliphatic rings. The van der Waals surface area contributed by atoms with E-state index in [1.54, 1.807) is 6.07 Å². The lowest BCUT2D eigenvalue weighted by atomic mass is 9.97. The van der Waals surface area contributed by atoms with Gasteiger partial charge in [0.1, 0.15) is 0 Å². The van der Waals surface area contributed by atoms with Crippen LogP contribution in [0.15, 0.2) is 12.1 Å². The van der Waals surface area contributed by atoms with Crippen LogP contribution in [0.2, 0.25) is 5.02 Å². The lowest BCUT2D eigenvalue weighted by Crippen LogP contribution is -2.35. The Bertz CT molecular complexity index is 389. The molecule has 4 heteroatoms. The van der Waals surface area contributed by atoms with Gasteiger partial charge in [0.2, 0.25) is 0 Å². The first-order chi connectivity index (χ1) is 8.22. The zero-order valence-electron chi connectivity index (χ0n) is 10.0. The van der Waals surface area contributed by atoms with Gasteiger partial charge in [-0.1, -0.05) is 24.1 Å². The van der Waals surface area contributed by atoms with Crippen molar-refractivity contribution >= 4 is 11.6 Å².